The minimum atomic E-state index is -0.696. The highest BCUT2D eigenvalue weighted by Gasteiger charge is 2.63. The summed E-state index contributed by atoms with van der Waals surface area (Å²) in [6, 6.07) is 8.44. The standard InChI is InChI=1S/C25H29NO3S/c1-14-21-18(10-19-22(21)25(19,2)3)23(30-14)20(27)9-8-15-4-6-16(7-5-15)11-26-12-17(13-26)24(28)29/h4-7,17,19,22H,8-13H2,1-3H3,(H,28,29)/t19-,22-/m1/s1. The zero-order chi connectivity index (χ0) is 21.2. The van der Waals surface area contributed by atoms with Crippen molar-refractivity contribution in [1.82, 2.24) is 4.90 Å². The molecule has 1 aromatic heterocycles. The first-order chi connectivity index (χ1) is 14.3. The number of hydrogen-bond donors (Lipinski definition) is 1. The fraction of sp³-hybridized carbons (Fsp3) is 0.520. The molecule has 0 amide bonds. The summed E-state index contributed by atoms with van der Waals surface area (Å²) < 4.78 is 0. The second-order valence-corrected chi connectivity index (χ2v) is 11.2. The lowest BCUT2D eigenvalue weighted by atomic mass is 9.94. The number of carboxylic acid groups (broad SMARTS) is 1. The van der Waals surface area contributed by atoms with Gasteiger partial charge in [-0.1, -0.05) is 38.1 Å². The van der Waals surface area contributed by atoms with Gasteiger partial charge < -0.3 is 5.11 Å². The van der Waals surface area contributed by atoms with Gasteiger partial charge in [-0.05, 0) is 59.3 Å². The van der Waals surface area contributed by atoms with Crippen LogP contribution in [0.15, 0.2) is 24.3 Å². The molecule has 1 aliphatic heterocycles. The largest absolute Gasteiger partial charge is 0.481 e. The van der Waals surface area contributed by atoms with Crippen LogP contribution in [-0.4, -0.2) is 34.8 Å². The highest BCUT2D eigenvalue weighted by Crippen LogP contribution is 2.71. The summed E-state index contributed by atoms with van der Waals surface area (Å²) in [7, 11) is 0. The number of nitrogens with zero attached hydrogens (tertiary/aromatic N) is 1. The molecule has 1 aromatic carbocycles. The first kappa shape index (κ1) is 20.0. The Morgan fingerprint density at radius 3 is 2.50 bits per heavy atom. The van der Waals surface area contributed by atoms with Crippen LogP contribution in [0.5, 0.6) is 0 Å². The highest BCUT2D eigenvalue weighted by atomic mass is 32.1. The normalized spacial score (nSPS) is 24.2. The van der Waals surface area contributed by atoms with Gasteiger partial charge in [0, 0.05) is 30.9 Å². The number of hydrogen-bond acceptors (Lipinski definition) is 4. The third-order valence-corrected chi connectivity index (χ3v) is 8.85. The van der Waals surface area contributed by atoms with E-state index in [9.17, 15) is 9.59 Å². The molecule has 2 fully saturated rings. The van der Waals surface area contributed by atoms with E-state index in [2.05, 4.69) is 49.9 Å². The van der Waals surface area contributed by atoms with E-state index >= 15 is 0 Å². The Morgan fingerprint density at radius 1 is 1.17 bits per heavy atom. The van der Waals surface area contributed by atoms with Crippen LogP contribution < -0.4 is 0 Å². The molecule has 1 saturated carbocycles. The van der Waals surface area contributed by atoms with Crippen molar-refractivity contribution in [3.05, 3.63) is 56.3 Å². The van der Waals surface area contributed by atoms with Crippen LogP contribution in [0.3, 0.4) is 0 Å². The number of Topliss-reactive ketones (excluding diaryl/α,β-unsaturated/α-hetero) is 1. The van der Waals surface area contributed by atoms with Crippen LogP contribution >= 0.6 is 11.3 Å². The summed E-state index contributed by atoms with van der Waals surface area (Å²) >= 11 is 1.71. The molecule has 0 unspecified atom stereocenters. The minimum Gasteiger partial charge on any atom is -0.481 e. The molecule has 4 nitrogen and oxygen atoms in total. The minimum absolute atomic E-state index is 0.213. The van der Waals surface area contributed by atoms with Gasteiger partial charge in [0.2, 0.25) is 0 Å². The number of carbonyl (C=O) groups excluding carboxylic acids is 1. The predicted molar refractivity (Wildman–Crippen MR) is 118 cm³/mol. The number of benzene rings is 1. The number of carbonyl (C=O) groups is 2. The average molecular weight is 424 g/mol. The molecule has 2 atom stereocenters. The zero-order valence-electron chi connectivity index (χ0n) is 17.9. The molecule has 1 saturated heterocycles. The molecule has 2 heterocycles. The first-order valence-electron chi connectivity index (χ1n) is 10.9. The maximum Gasteiger partial charge on any atom is 0.309 e. The number of carboxylic acids is 1. The maximum absolute atomic E-state index is 13.0. The number of aliphatic carboxylic acids is 1. The number of thiophene rings is 1. The van der Waals surface area contributed by atoms with Gasteiger partial charge in [0.1, 0.15) is 0 Å². The molecule has 0 spiro atoms. The summed E-state index contributed by atoms with van der Waals surface area (Å²) in [5.74, 6) is 0.807. The summed E-state index contributed by atoms with van der Waals surface area (Å²) in [5, 5.41) is 8.98. The van der Waals surface area contributed by atoms with Gasteiger partial charge in [0.05, 0.1) is 10.8 Å². The molecular formula is C25H29NO3S. The van der Waals surface area contributed by atoms with Crippen molar-refractivity contribution in [3.63, 3.8) is 0 Å². The Balaban J connectivity index is 1.17. The van der Waals surface area contributed by atoms with Gasteiger partial charge in [0.15, 0.2) is 5.78 Å². The van der Waals surface area contributed by atoms with Crippen molar-refractivity contribution in [2.24, 2.45) is 17.3 Å². The van der Waals surface area contributed by atoms with Gasteiger partial charge in [0.25, 0.3) is 0 Å². The van der Waals surface area contributed by atoms with Gasteiger partial charge in [-0.15, -0.1) is 11.3 Å². The Bertz CT molecular complexity index is 1010. The second-order valence-electron chi connectivity index (χ2n) is 9.96. The van der Waals surface area contributed by atoms with E-state index in [1.807, 2.05) is 0 Å². The second kappa shape index (κ2) is 7.03. The van der Waals surface area contributed by atoms with Crippen molar-refractivity contribution < 1.29 is 14.7 Å². The molecule has 0 bridgehead atoms. The lowest BCUT2D eigenvalue weighted by Gasteiger charge is -2.36. The Kier molecular flexibility index (Phi) is 4.67. The van der Waals surface area contributed by atoms with Gasteiger partial charge >= 0.3 is 5.97 Å². The quantitative estimate of drug-likeness (QED) is 0.657. The van der Waals surface area contributed by atoms with Crippen molar-refractivity contribution >= 4 is 23.1 Å². The summed E-state index contributed by atoms with van der Waals surface area (Å²) in [6.07, 6.45) is 2.43. The third-order valence-electron chi connectivity index (χ3n) is 7.65. The SMILES string of the molecule is Cc1sc(C(=O)CCc2ccc(CN3CC(C(=O)O)C3)cc2)c2c1[C@H]1[C@@H](C2)C1(C)C. The van der Waals surface area contributed by atoms with E-state index in [-0.39, 0.29) is 5.92 Å². The van der Waals surface area contributed by atoms with Crippen LogP contribution in [0.4, 0.5) is 0 Å². The number of rotatable bonds is 7. The highest BCUT2D eigenvalue weighted by molar-refractivity contribution is 7.14. The molecular weight excluding hydrogens is 394 g/mol. The molecule has 0 radical (unpaired) electrons. The van der Waals surface area contributed by atoms with E-state index in [4.69, 9.17) is 5.11 Å². The molecule has 2 aromatic rings. The summed E-state index contributed by atoms with van der Waals surface area (Å²) in [4.78, 5) is 28.4. The third kappa shape index (κ3) is 3.23. The van der Waals surface area contributed by atoms with Gasteiger partial charge in [-0.2, -0.15) is 0 Å². The Labute approximate surface area is 181 Å². The number of ketones is 1. The lowest BCUT2D eigenvalue weighted by Crippen LogP contribution is -2.49. The van der Waals surface area contributed by atoms with Gasteiger partial charge in [-0.3, -0.25) is 14.5 Å². The summed E-state index contributed by atoms with van der Waals surface area (Å²) in [6.45, 7) is 8.97. The van der Waals surface area contributed by atoms with Crippen LogP contribution in [0.2, 0.25) is 0 Å². The van der Waals surface area contributed by atoms with Crippen LogP contribution in [0, 0.1) is 24.2 Å². The lowest BCUT2D eigenvalue weighted by molar-refractivity contribution is -0.147. The number of aryl methyl sites for hydroxylation is 2. The molecule has 3 aliphatic rings. The molecule has 5 rings (SSSR count). The topological polar surface area (TPSA) is 57.6 Å². The molecule has 1 N–H and O–H groups in total. The fourth-order valence-electron chi connectivity index (χ4n) is 5.65. The van der Waals surface area contributed by atoms with Crippen molar-refractivity contribution in [3.8, 4) is 0 Å². The first-order valence-corrected chi connectivity index (χ1v) is 11.8. The van der Waals surface area contributed by atoms with Crippen molar-refractivity contribution in [1.29, 1.82) is 0 Å². The monoisotopic (exact) mass is 423 g/mol. The molecule has 158 valence electrons. The number of likely N-dealkylation sites (tertiary alicyclic amines) is 1. The zero-order valence-corrected chi connectivity index (χ0v) is 18.7. The van der Waals surface area contributed by atoms with Crippen LogP contribution in [0.1, 0.15) is 63.0 Å². The molecule has 30 heavy (non-hydrogen) atoms. The molecule has 5 heteroatoms. The van der Waals surface area contributed by atoms with Gasteiger partial charge in [-0.25, -0.2) is 0 Å². The summed E-state index contributed by atoms with van der Waals surface area (Å²) in [5.41, 5.74) is 5.67. The van der Waals surface area contributed by atoms with Crippen molar-refractivity contribution in [2.75, 3.05) is 13.1 Å². The van der Waals surface area contributed by atoms with Crippen molar-refractivity contribution in [2.45, 2.75) is 52.5 Å². The van der Waals surface area contributed by atoms with E-state index < -0.39 is 5.97 Å². The predicted octanol–water partition coefficient (Wildman–Crippen LogP) is 4.68. The Hall–Kier alpha value is -1.98. The van der Waals surface area contributed by atoms with Crippen LogP contribution in [-0.2, 0) is 24.2 Å². The van der Waals surface area contributed by atoms with Crippen LogP contribution in [0.25, 0.3) is 0 Å². The Morgan fingerprint density at radius 2 is 1.83 bits per heavy atom. The van der Waals surface area contributed by atoms with E-state index in [0.717, 1.165) is 30.2 Å². The van der Waals surface area contributed by atoms with E-state index in [0.29, 0.717) is 36.6 Å². The maximum atomic E-state index is 13.0. The smallest absolute Gasteiger partial charge is 0.309 e. The average Bonchev–Trinajstić information content (AvgIpc) is 3.01. The van der Waals surface area contributed by atoms with E-state index in [1.54, 1.807) is 11.3 Å². The molecule has 2 aliphatic carbocycles. The fourth-order valence-corrected chi connectivity index (χ4v) is 6.85. The van der Waals surface area contributed by atoms with E-state index in [1.165, 1.54) is 27.1 Å². The number of fused-ring (bicyclic) bond motifs is 3.